The number of carbonyl (C=O) groups excluding carboxylic acids is 1. The van der Waals surface area contributed by atoms with E-state index in [9.17, 15) is 13.6 Å². The normalized spacial score (nSPS) is 18.5. The fourth-order valence-electron chi connectivity index (χ4n) is 2.58. The summed E-state index contributed by atoms with van der Waals surface area (Å²) in [5.74, 6) is -1.89. The predicted molar refractivity (Wildman–Crippen MR) is 73.9 cm³/mol. The van der Waals surface area contributed by atoms with Crippen LogP contribution in [0.2, 0.25) is 0 Å². The first kappa shape index (κ1) is 13.2. The number of amides is 1. The molecule has 1 amide bonds. The van der Waals surface area contributed by atoms with E-state index in [1.165, 1.54) is 16.5 Å². The summed E-state index contributed by atoms with van der Waals surface area (Å²) in [5, 5.41) is 4.05. The number of nitrogens with zero attached hydrogens (tertiary/aromatic N) is 1. The molecule has 1 aliphatic heterocycles. The Hall–Kier alpha value is -1.75. The molecule has 3 rings (SSSR count). The highest BCUT2D eigenvalue weighted by Crippen LogP contribution is 2.30. The predicted octanol–water partition coefficient (Wildman–Crippen LogP) is 3.66. The van der Waals surface area contributed by atoms with Gasteiger partial charge in [-0.15, -0.1) is 0 Å². The monoisotopic (exact) mass is 293 g/mol. The van der Waals surface area contributed by atoms with Gasteiger partial charge >= 0.3 is 0 Å². The summed E-state index contributed by atoms with van der Waals surface area (Å²) < 4.78 is 27.3. The van der Waals surface area contributed by atoms with Gasteiger partial charge in [-0.3, -0.25) is 4.79 Å². The summed E-state index contributed by atoms with van der Waals surface area (Å²) in [6, 6.07) is 5.53. The van der Waals surface area contributed by atoms with Crippen LogP contribution in [0.3, 0.4) is 0 Å². The topological polar surface area (TPSA) is 20.3 Å². The van der Waals surface area contributed by atoms with Crippen LogP contribution in [0.15, 0.2) is 35.0 Å². The molecule has 1 aliphatic rings. The van der Waals surface area contributed by atoms with Gasteiger partial charge < -0.3 is 4.90 Å². The molecule has 1 fully saturated rings. The minimum atomic E-state index is -0.797. The minimum absolute atomic E-state index is 0.264. The van der Waals surface area contributed by atoms with Gasteiger partial charge in [-0.1, -0.05) is 6.07 Å². The second-order valence-electron chi connectivity index (χ2n) is 4.89. The Morgan fingerprint density at radius 1 is 1.25 bits per heavy atom. The number of halogens is 2. The van der Waals surface area contributed by atoms with Gasteiger partial charge in [0.05, 0.1) is 0 Å². The Balaban J connectivity index is 1.79. The molecule has 0 aliphatic carbocycles. The quantitative estimate of drug-likeness (QED) is 0.827. The van der Waals surface area contributed by atoms with Crippen LogP contribution in [0.25, 0.3) is 0 Å². The van der Waals surface area contributed by atoms with Crippen LogP contribution in [0.4, 0.5) is 8.78 Å². The van der Waals surface area contributed by atoms with E-state index in [-0.39, 0.29) is 5.92 Å². The highest BCUT2D eigenvalue weighted by atomic mass is 32.1. The smallest absolute Gasteiger partial charge is 0.259 e. The Morgan fingerprint density at radius 3 is 2.65 bits per heavy atom. The molecule has 1 unspecified atom stereocenters. The van der Waals surface area contributed by atoms with Crippen molar-refractivity contribution in [2.24, 2.45) is 0 Å². The standard InChI is InChI=1S/C15H13F2NOS/c16-12-2-1-3-13(17)14(12)15(19)18-6-4-10(8-18)11-5-7-20-9-11/h1-3,5,7,9-10H,4,6,8H2. The fourth-order valence-corrected chi connectivity index (χ4v) is 3.33. The van der Waals surface area contributed by atoms with Crippen LogP contribution in [0, 0.1) is 11.6 Å². The Labute approximate surface area is 119 Å². The molecule has 1 aromatic carbocycles. The molecule has 0 radical (unpaired) electrons. The van der Waals surface area contributed by atoms with E-state index in [0.29, 0.717) is 13.1 Å². The van der Waals surface area contributed by atoms with Gasteiger partial charge in [-0.2, -0.15) is 11.3 Å². The van der Waals surface area contributed by atoms with Gasteiger partial charge in [0.15, 0.2) is 0 Å². The second kappa shape index (κ2) is 5.32. The third kappa shape index (κ3) is 2.33. The van der Waals surface area contributed by atoms with Crippen molar-refractivity contribution < 1.29 is 13.6 Å². The lowest BCUT2D eigenvalue weighted by atomic mass is 10.0. The molecule has 5 heteroatoms. The molecule has 20 heavy (non-hydrogen) atoms. The van der Waals surface area contributed by atoms with Crippen molar-refractivity contribution in [2.75, 3.05) is 13.1 Å². The zero-order valence-corrected chi connectivity index (χ0v) is 11.5. The van der Waals surface area contributed by atoms with E-state index in [1.807, 2.05) is 11.4 Å². The summed E-state index contributed by atoms with van der Waals surface area (Å²) in [6.45, 7) is 1.05. The van der Waals surface area contributed by atoms with Gasteiger partial charge in [0.1, 0.15) is 17.2 Å². The molecule has 0 spiro atoms. The van der Waals surface area contributed by atoms with Crippen LogP contribution in [0.5, 0.6) is 0 Å². The summed E-state index contributed by atoms with van der Waals surface area (Å²) in [4.78, 5) is 13.8. The maximum absolute atomic E-state index is 13.6. The molecular weight excluding hydrogens is 280 g/mol. The summed E-state index contributed by atoms with van der Waals surface area (Å²) >= 11 is 1.61. The zero-order chi connectivity index (χ0) is 14.1. The molecule has 0 saturated carbocycles. The van der Waals surface area contributed by atoms with Crippen molar-refractivity contribution in [3.63, 3.8) is 0 Å². The highest BCUT2D eigenvalue weighted by Gasteiger charge is 2.30. The third-order valence-corrected chi connectivity index (χ3v) is 4.37. The molecule has 1 aromatic heterocycles. The summed E-state index contributed by atoms with van der Waals surface area (Å²) in [6.07, 6.45) is 0.832. The number of carbonyl (C=O) groups is 1. The van der Waals surface area contributed by atoms with Crippen molar-refractivity contribution in [1.82, 2.24) is 4.90 Å². The average molecular weight is 293 g/mol. The molecule has 2 nitrogen and oxygen atoms in total. The average Bonchev–Trinajstić information content (AvgIpc) is 3.09. The van der Waals surface area contributed by atoms with Crippen LogP contribution >= 0.6 is 11.3 Å². The Morgan fingerprint density at radius 2 is 2.00 bits per heavy atom. The second-order valence-corrected chi connectivity index (χ2v) is 5.67. The van der Waals surface area contributed by atoms with Gasteiger partial charge in [0.2, 0.25) is 0 Å². The molecule has 0 N–H and O–H groups in total. The van der Waals surface area contributed by atoms with Crippen LogP contribution in [-0.4, -0.2) is 23.9 Å². The third-order valence-electron chi connectivity index (χ3n) is 3.67. The van der Waals surface area contributed by atoms with Gasteiger partial charge in [0, 0.05) is 19.0 Å². The van der Waals surface area contributed by atoms with E-state index in [4.69, 9.17) is 0 Å². The Kier molecular flexibility index (Phi) is 3.53. The number of rotatable bonds is 2. The first-order chi connectivity index (χ1) is 9.66. The van der Waals surface area contributed by atoms with E-state index in [0.717, 1.165) is 18.6 Å². The van der Waals surface area contributed by atoms with Crippen LogP contribution in [0.1, 0.15) is 28.3 Å². The lowest BCUT2D eigenvalue weighted by Gasteiger charge is -2.17. The lowest BCUT2D eigenvalue weighted by molar-refractivity contribution is 0.0781. The maximum atomic E-state index is 13.6. The molecule has 2 heterocycles. The largest absolute Gasteiger partial charge is 0.338 e. The van der Waals surface area contributed by atoms with Gasteiger partial charge in [-0.05, 0) is 40.9 Å². The number of thiophene rings is 1. The fraction of sp³-hybridized carbons (Fsp3) is 0.267. The van der Waals surface area contributed by atoms with Gasteiger partial charge in [0.25, 0.3) is 5.91 Å². The van der Waals surface area contributed by atoms with E-state index in [1.54, 1.807) is 11.3 Å². The number of hydrogen-bond donors (Lipinski definition) is 0. The molecule has 2 aromatic rings. The number of benzene rings is 1. The molecule has 1 atom stereocenters. The van der Waals surface area contributed by atoms with E-state index >= 15 is 0 Å². The molecule has 1 saturated heterocycles. The van der Waals surface area contributed by atoms with E-state index in [2.05, 4.69) is 5.38 Å². The summed E-state index contributed by atoms with van der Waals surface area (Å²) in [5.41, 5.74) is 0.748. The van der Waals surface area contributed by atoms with Crippen molar-refractivity contribution in [2.45, 2.75) is 12.3 Å². The molecule has 0 bridgehead atoms. The first-order valence-electron chi connectivity index (χ1n) is 6.42. The molecule has 104 valence electrons. The highest BCUT2D eigenvalue weighted by molar-refractivity contribution is 7.07. The summed E-state index contributed by atoms with van der Waals surface area (Å²) in [7, 11) is 0. The van der Waals surface area contributed by atoms with Crippen molar-refractivity contribution in [3.05, 3.63) is 57.8 Å². The van der Waals surface area contributed by atoms with Crippen molar-refractivity contribution >= 4 is 17.2 Å². The minimum Gasteiger partial charge on any atom is -0.338 e. The lowest BCUT2D eigenvalue weighted by Crippen LogP contribution is -2.30. The van der Waals surface area contributed by atoms with Crippen LogP contribution in [-0.2, 0) is 0 Å². The SMILES string of the molecule is O=C(c1c(F)cccc1F)N1CCC(c2ccsc2)C1. The van der Waals surface area contributed by atoms with Crippen molar-refractivity contribution in [1.29, 1.82) is 0 Å². The maximum Gasteiger partial charge on any atom is 0.259 e. The van der Waals surface area contributed by atoms with Gasteiger partial charge in [-0.25, -0.2) is 8.78 Å². The Bertz CT molecular complexity index is 607. The van der Waals surface area contributed by atoms with Crippen molar-refractivity contribution in [3.8, 4) is 0 Å². The first-order valence-corrected chi connectivity index (χ1v) is 7.36. The van der Waals surface area contributed by atoms with E-state index < -0.39 is 23.1 Å². The number of hydrogen-bond acceptors (Lipinski definition) is 2. The van der Waals surface area contributed by atoms with Crippen LogP contribution < -0.4 is 0 Å². The zero-order valence-electron chi connectivity index (χ0n) is 10.7. The number of likely N-dealkylation sites (tertiary alicyclic amines) is 1. The molecular formula is C15H13F2NOS.